The van der Waals surface area contributed by atoms with Crippen LogP contribution in [0.15, 0.2) is 0 Å². The zero-order valence-electron chi connectivity index (χ0n) is 8.90. The molecule has 0 bridgehead atoms. The van der Waals surface area contributed by atoms with Crippen LogP contribution in [0, 0.1) is 12.3 Å². The second kappa shape index (κ2) is 7.55. The molecule has 1 N–H and O–H groups in total. The van der Waals surface area contributed by atoms with Gasteiger partial charge in [-0.1, -0.05) is 12.8 Å². The van der Waals surface area contributed by atoms with Crippen molar-refractivity contribution in [2.24, 2.45) is 0 Å². The van der Waals surface area contributed by atoms with E-state index in [0.717, 1.165) is 13.0 Å². The van der Waals surface area contributed by atoms with Gasteiger partial charge in [-0.3, -0.25) is 4.90 Å². The predicted molar refractivity (Wildman–Crippen MR) is 54.5 cm³/mol. The van der Waals surface area contributed by atoms with Crippen molar-refractivity contribution in [3.63, 3.8) is 0 Å². The van der Waals surface area contributed by atoms with Gasteiger partial charge in [0.2, 0.25) is 0 Å². The molecular weight excluding hydrogens is 205 g/mol. The van der Waals surface area contributed by atoms with Crippen LogP contribution in [0.5, 0.6) is 0 Å². The summed E-state index contributed by atoms with van der Waals surface area (Å²) in [5, 5.41) is 2.34. The van der Waals surface area contributed by atoms with Gasteiger partial charge in [0, 0.05) is 13.1 Å². The van der Waals surface area contributed by atoms with E-state index in [4.69, 9.17) is 6.42 Å². The van der Waals surface area contributed by atoms with E-state index in [1.807, 2.05) is 11.8 Å². The van der Waals surface area contributed by atoms with Crippen LogP contribution in [0.2, 0.25) is 0 Å². The molecule has 0 unspecified atom stereocenters. The highest BCUT2D eigenvalue weighted by molar-refractivity contribution is 4.88. The Morgan fingerprint density at radius 3 is 2.47 bits per heavy atom. The van der Waals surface area contributed by atoms with Crippen LogP contribution >= 0.6 is 0 Å². The minimum absolute atomic E-state index is 0.307. The van der Waals surface area contributed by atoms with Crippen LogP contribution in [0.4, 0.5) is 13.2 Å². The summed E-state index contributed by atoms with van der Waals surface area (Å²) in [7, 11) is 0. The molecule has 0 rings (SSSR count). The third kappa shape index (κ3) is 9.57. The first kappa shape index (κ1) is 14.3. The fraction of sp³-hybridized carbons (Fsp3) is 0.800. The van der Waals surface area contributed by atoms with Crippen LogP contribution in [-0.4, -0.2) is 43.8 Å². The third-order valence-electron chi connectivity index (χ3n) is 1.78. The van der Waals surface area contributed by atoms with Crippen LogP contribution < -0.4 is 5.32 Å². The lowest BCUT2D eigenvalue weighted by Gasteiger charge is -2.19. The summed E-state index contributed by atoms with van der Waals surface area (Å²) in [5.74, 6) is 2.49. The molecule has 5 heteroatoms. The molecule has 0 aromatic heterocycles. The zero-order valence-corrected chi connectivity index (χ0v) is 8.90. The van der Waals surface area contributed by atoms with Crippen LogP contribution in [0.25, 0.3) is 0 Å². The SMILES string of the molecule is C#CCN(CCC)CCNCC(F)(F)F. The van der Waals surface area contributed by atoms with Crippen molar-refractivity contribution < 1.29 is 13.2 Å². The summed E-state index contributed by atoms with van der Waals surface area (Å²) in [6.07, 6.45) is 1.95. The Morgan fingerprint density at radius 1 is 1.33 bits per heavy atom. The maximum atomic E-state index is 11.8. The van der Waals surface area contributed by atoms with Crippen molar-refractivity contribution in [3.8, 4) is 12.3 Å². The Labute approximate surface area is 88.8 Å². The first-order chi connectivity index (χ1) is 6.99. The summed E-state index contributed by atoms with van der Waals surface area (Å²) < 4.78 is 35.3. The molecule has 0 radical (unpaired) electrons. The molecule has 88 valence electrons. The smallest absolute Gasteiger partial charge is 0.307 e. The Bertz CT molecular complexity index is 196. The van der Waals surface area contributed by atoms with Gasteiger partial charge >= 0.3 is 6.18 Å². The summed E-state index contributed by atoms with van der Waals surface area (Å²) in [5.41, 5.74) is 0. The fourth-order valence-electron chi connectivity index (χ4n) is 1.18. The first-order valence-electron chi connectivity index (χ1n) is 4.93. The number of nitrogens with zero attached hydrogens (tertiary/aromatic N) is 1. The second-order valence-corrected chi connectivity index (χ2v) is 3.27. The lowest BCUT2D eigenvalue weighted by Crippen LogP contribution is -2.36. The Morgan fingerprint density at radius 2 is 2.00 bits per heavy atom. The van der Waals surface area contributed by atoms with Crippen LogP contribution in [0.1, 0.15) is 13.3 Å². The Kier molecular flexibility index (Phi) is 7.18. The standard InChI is InChI=1S/C10H17F3N2/c1-3-6-15(7-4-2)8-5-14-9-10(11,12)13/h1,14H,4-9H2,2H3. The van der Waals surface area contributed by atoms with E-state index in [1.54, 1.807) is 0 Å². The maximum absolute atomic E-state index is 11.8. The highest BCUT2D eigenvalue weighted by Gasteiger charge is 2.25. The average Bonchev–Trinajstić information content (AvgIpc) is 2.11. The molecule has 0 aromatic carbocycles. The molecule has 0 spiro atoms. The zero-order chi connectivity index (χ0) is 11.7. The van der Waals surface area contributed by atoms with E-state index in [2.05, 4.69) is 11.2 Å². The Hall–Kier alpha value is -0.730. The van der Waals surface area contributed by atoms with E-state index in [-0.39, 0.29) is 0 Å². The van der Waals surface area contributed by atoms with E-state index < -0.39 is 12.7 Å². The molecule has 0 atom stereocenters. The molecule has 0 saturated heterocycles. The van der Waals surface area contributed by atoms with Crippen molar-refractivity contribution in [2.45, 2.75) is 19.5 Å². The summed E-state index contributed by atoms with van der Waals surface area (Å²) in [4.78, 5) is 1.95. The lowest BCUT2D eigenvalue weighted by atomic mass is 10.4. The number of hydrogen-bond donors (Lipinski definition) is 1. The molecule has 0 aliphatic heterocycles. The highest BCUT2D eigenvalue weighted by Crippen LogP contribution is 2.11. The first-order valence-corrected chi connectivity index (χ1v) is 4.93. The molecule has 0 aliphatic rings. The lowest BCUT2D eigenvalue weighted by molar-refractivity contribution is -0.124. The minimum Gasteiger partial charge on any atom is -0.307 e. The molecule has 0 heterocycles. The summed E-state index contributed by atoms with van der Waals surface area (Å²) in [6.45, 7) is 3.23. The summed E-state index contributed by atoms with van der Waals surface area (Å²) in [6, 6.07) is 0. The Balaban J connectivity index is 3.58. The highest BCUT2D eigenvalue weighted by atomic mass is 19.4. The topological polar surface area (TPSA) is 15.3 Å². The van der Waals surface area contributed by atoms with Gasteiger partial charge in [0.15, 0.2) is 0 Å². The van der Waals surface area contributed by atoms with Gasteiger partial charge in [-0.15, -0.1) is 6.42 Å². The average molecular weight is 222 g/mol. The largest absolute Gasteiger partial charge is 0.401 e. The van der Waals surface area contributed by atoms with Gasteiger partial charge in [0.1, 0.15) is 0 Å². The number of alkyl halides is 3. The number of nitrogens with one attached hydrogen (secondary N) is 1. The van der Waals surface area contributed by atoms with Gasteiger partial charge in [-0.05, 0) is 13.0 Å². The number of halogens is 3. The predicted octanol–water partition coefficient (Wildman–Crippen LogP) is 1.48. The van der Waals surface area contributed by atoms with Gasteiger partial charge in [-0.2, -0.15) is 13.2 Å². The molecule has 0 aliphatic carbocycles. The van der Waals surface area contributed by atoms with E-state index >= 15 is 0 Å². The van der Waals surface area contributed by atoms with Gasteiger partial charge in [0.25, 0.3) is 0 Å². The third-order valence-corrected chi connectivity index (χ3v) is 1.78. The van der Waals surface area contributed by atoms with Crippen molar-refractivity contribution in [1.29, 1.82) is 0 Å². The van der Waals surface area contributed by atoms with Crippen molar-refractivity contribution in [1.82, 2.24) is 10.2 Å². The van der Waals surface area contributed by atoms with Crippen LogP contribution in [-0.2, 0) is 0 Å². The van der Waals surface area contributed by atoms with Crippen molar-refractivity contribution in [3.05, 3.63) is 0 Å². The number of hydrogen-bond acceptors (Lipinski definition) is 2. The quantitative estimate of drug-likeness (QED) is 0.518. The fourth-order valence-corrected chi connectivity index (χ4v) is 1.18. The molecular formula is C10H17F3N2. The molecule has 15 heavy (non-hydrogen) atoms. The van der Waals surface area contributed by atoms with E-state index in [9.17, 15) is 13.2 Å². The maximum Gasteiger partial charge on any atom is 0.401 e. The second-order valence-electron chi connectivity index (χ2n) is 3.27. The molecule has 0 amide bonds. The molecule has 0 saturated carbocycles. The summed E-state index contributed by atoms with van der Waals surface area (Å²) >= 11 is 0. The van der Waals surface area contributed by atoms with E-state index in [1.165, 1.54) is 0 Å². The number of rotatable bonds is 7. The molecule has 0 aromatic rings. The van der Waals surface area contributed by atoms with E-state index in [0.29, 0.717) is 19.6 Å². The number of terminal acetylenes is 1. The van der Waals surface area contributed by atoms with Gasteiger partial charge in [0.05, 0.1) is 13.1 Å². The van der Waals surface area contributed by atoms with Crippen LogP contribution in [0.3, 0.4) is 0 Å². The molecule has 0 fully saturated rings. The molecule has 2 nitrogen and oxygen atoms in total. The van der Waals surface area contributed by atoms with Gasteiger partial charge < -0.3 is 5.32 Å². The van der Waals surface area contributed by atoms with Gasteiger partial charge in [-0.25, -0.2) is 0 Å². The normalized spacial score (nSPS) is 11.7. The van der Waals surface area contributed by atoms with Crippen molar-refractivity contribution >= 4 is 0 Å². The van der Waals surface area contributed by atoms with Crippen molar-refractivity contribution in [2.75, 3.05) is 32.7 Å². The monoisotopic (exact) mass is 222 g/mol. The minimum atomic E-state index is -4.14.